The first-order valence-corrected chi connectivity index (χ1v) is 8.25. The van der Waals surface area contributed by atoms with E-state index in [-0.39, 0.29) is 10.8 Å². The Balaban J connectivity index is 2.35. The van der Waals surface area contributed by atoms with E-state index in [1.165, 1.54) is 11.1 Å². The van der Waals surface area contributed by atoms with Crippen molar-refractivity contribution in [1.82, 2.24) is 0 Å². The molecule has 4 N–H and O–H groups in total. The molecule has 0 fully saturated rings. The zero-order valence-electron chi connectivity index (χ0n) is 14.4. The molecule has 2 aromatic rings. The molecule has 23 heavy (non-hydrogen) atoms. The number of hydrogen-bond donors (Lipinski definition) is 2. The van der Waals surface area contributed by atoms with Crippen molar-refractivity contribution < 1.29 is 0 Å². The maximum atomic E-state index is 6.10. The first-order chi connectivity index (χ1) is 10.9. The topological polar surface area (TPSA) is 52.0 Å². The molecule has 0 spiro atoms. The van der Waals surface area contributed by atoms with E-state index in [0.717, 1.165) is 12.1 Å². The van der Waals surface area contributed by atoms with Crippen LogP contribution in [0.4, 0.5) is 5.69 Å². The Hall–Kier alpha value is -2.06. The van der Waals surface area contributed by atoms with E-state index < -0.39 is 0 Å². The van der Waals surface area contributed by atoms with Crippen molar-refractivity contribution in [3.63, 3.8) is 0 Å². The minimum atomic E-state index is -0.196. The minimum absolute atomic E-state index is 0.00545. The summed E-state index contributed by atoms with van der Waals surface area (Å²) in [7, 11) is 0. The Bertz CT molecular complexity index is 645. The summed E-state index contributed by atoms with van der Waals surface area (Å²) in [6.07, 6.45) is 5.61. The van der Waals surface area contributed by atoms with Crippen molar-refractivity contribution in [2.45, 2.75) is 38.0 Å². The lowest BCUT2D eigenvalue weighted by atomic mass is 9.75. The van der Waals surface area contributed by atoms with E-state index in [1.54, 1.807) is 0 Å². The molecular weight excluding hydrogens is 280 g/mol. The Morgan fingerprint density at radius 2 is 1.35 bits per heavy atom. The van der Waals surface area contributed by atoms with Gasteiger partial charge in [0.05, 0.1) is 0 Å². The summed E-state index contributed by atoms with van der Waals surface area (Å²) in [5.74, 6) is 0. The molecule has 2 aromatic carbocycles. The maximum absolute atomic E-state index is 6.10. The molecule has 0 saturated carbocycles. The van der Waals surface area contributed by atoms with Gasteiger partial charge in [-0.1, -0.05) is 75.4 Å². The van der Waals surface area contributed by atoms with Crippen LogP contribution < -0.4 is 11.5 Å². The summed E-state index contributed by atoms with van der Waals surface area (Å²) < 4.78 is 0. The number of allylic oxidation sites excluding steroid dienone is 1. The van der Waals surface area contributed by atoms with E-state index in [9.17, 15) is 0 Å². The van der Waals surface area contributed by atoms with Gasteiger partial charge in [-0.15, -0.1) is 0 Å². The fraction of sp³-hybridized carbons (Fsp3) is 0.333. The van der Waals surface area contributed by atoms with Gasteiger partial charge in [0.25, 0.3) is 0 Å². The van der Waals surface area contributed by atoms with Gasteiger partial charge in [-0.05, 0) is 29.7 Å². The lowest BCUT2D eigenvalue weighted by Crippen LogP contribution is -2.31. The zero-order chi connectivity index (χ0) is 16.9. The lowest BCUT2D eigenvalue weighted by Gasteiger charge is -2.30. The van der Waals surface area contributed by atoms with Crippen molar-refractivity contribution in [2.24, 2.45) is 5.73 Å². The molecule has 0 heterocycles. The van der Waals surface area contributed by atoms with Crippen LogP contribution in [0.5, 0.6) is 0 Å². The van der Waals surface area contributed by atoms with Gasteiger partial charge < -0.3 is 11.5 Å². The highest BCUT2D eigenvalue weighted by atomic mass is 14.6. The number of nitrogen functional groups attached to an aromatic ring is 1. The van der Waals surface area contributed by atoms with E-state index >= 15 is 0 Å². The van der Waals surface area contributed by atoms with Crippen LogP contribution in [0.25, 0.3) is 0 Å². The first kappa shape index (κ1) is 17.3. The van der Waals surface area contributed by atoms with Crippen LogP contribution in [0.3, 0.4) is 0 Å². The number of anilines is 1. The molecule has 0 aliphatic heterocycles. The number of benzene rings is 2. The van der Waals surface area contributed by atoms with E-state index in [0.29, 0.717) is 6.54 Å². The fourth-order valence-electron chi connectivity index (χ4n) is 2.75. The van der Waals surface area contributed by atoms with Crippen molar-refractivity contribution in [3.8, 4) is 0 Å². The summed E-state index contributed by atoms with van der Waals surface area (Å²) in [5, 5.41) is 0. The van der Waals surface area contributed by atoms with Crippen molar-refractivity contribution in [2.75, 3.05) is 12.3 Å². The molecule has 2 heteroatoms. The van der Waals surface area contributed by atoms with Gasteiger partial charge in [0.15, 0.2) is 0 Å². The van der Waals surface area contributed by atoms with Crippen molar-refractivity contribution in [3.05, 3.63) is 77.9 Å². The second-order valence-electron chi connectivity index (χ2n) is 6.71. The van der Waals surface area contributed by atoms with Crippen LogP contribution in [0, 0.1) is 0 Å². The molecule has 122 valence electrons. The average molecular weight is 308 g/mol. The van der Waals surface area contributed by atoms with Crippen LogP contribution in [-0.4, -0.2) is 6.54 Å². The molecule has 2 atom stereocenters. The maximum Gasteiger partial charge on any atom is 0.0314 e. The molecule has 2 nitrogen and oxygen atoms in total. The monoisotopic (exact) mass is 308 g/mol. The Labute approximate surface area is 140 Å². The van der Waals surface area contributed by atoms with Crippen LogP contribution in [0.2, 0.25) is 0 Å². The van der Waals surface area contributed by atoms with Crippen LogP contribution in [0.15, 0.2) is 66.7 Å². The number of hydrogen-bond acceptors (Lipinski definition) is 2. The molecule has 0 radical (unpaired) electrons. The second kappa shape index (κ2) is 7.01. The van der Waals surface area contributed by atoms with Gasteiger partial charge in [-0.25, -0.2) is 0 Å². The molecule has 0 aliphatic rings. The molecule has 0 amide bonds. The Morgan fingerprint density at radius 1 is 0.826 bits per heavy atom. The van der Waals surface area contributed by atoms with Crippen molar-refractivity contribution in [1.29, 1.82) is 0 Å². The molecule has 0 aliphatic carbocycles. The Kier molecular flexibility index (Phi) is 5.27. The number of rotatable bonds is 6. The molecular formula is C21H28N2. The Morgan fingerprint density at radius 3 is 1.87 bits per heavy atom. The third-order valence-electron chi connectivity index (χ3n) is 4.98. The lowest BCUT2D eigenvalue weighted by molar-refractivity contribution is 0.549. The summed E-state index contributed by atoms with van der Waals surface area (Å²) in [5.41, 5.74) is 15.0. The van der Waals surface area contributed by atoms with Crippen LogP contribution in [0.1, 0.15) is 38.3 Å². The van der Waals surface area contributed by atoms with Gasteiger partial charge in [-0.2, -0.15) is 0 Å². The first-order valence-electron chi connectivity index (χ1n) is 8.25. The van der Waals surface area contributed by atoms with Gasteiger partial charge in [-0.3, -0.25) is 0 Å². The van der Waals surface area contributed by atoms with Gasteiger partial charge in [0.2, 0.25) is 0 Å². The minimum Gasteiger partial charge on any atom is -0.399 e. The summed E-state index contributed by atoms with van der Waals surface area (Å²) in [6, 6.07) is 18.6. The largest absolute Gasteiger partial charge is 0.399 e. The van der Waals surface area contributed by atoms with Gasteiger partial charge in [0, 0.05) is 23.1 Å². The molecule has 2 rings (SSSR count). The summed E-state index contributed by atoms with van der Waals surface area (Å²) in [4.78, 5) is 0. The van der Waals surface area contributed by atoms with E-state index in [4.69, 9.17) is 11.5 Å². The average Bonchev–Trinajstić information content (AvgIpc) is 2.60. The highest BCUT2D eigenvalue weighted by Crippen LogP contribution is 2.32. The third-order valence-corrected chi connectivity index (χ3v) is 4.98. The zero-order valence-corrected chi connectivity index (χ0v) is 14.4. The van der Waals surface area contributed by atoms with Crippen molar-refractivity contribution >= 4 is 5.69 Å². The predicted molar refractivity (Wildman–Crippen MR) is 100 cm³/mol. The molecule has 2 unspecified atom stereocenters. The molecule has 0 aromatic heterocycles. The van der Waals surface area contributed by atoms with E-state index in [2.05, 4.69) is 75.4 Å². The predicted octanol–water partition coefficient (Wildman–Crippen LogP) is 4.41. The highest BCUT2D eigenvalue weighted by molar-refractivity contribution is 5.43. The molecule has 0 bridgehead atoms. The van der Waals surface area contributed by atoms with Gasteiger partial charge >= 0.3 is 0 Å². The standard InChI is InChI=1S/C21H28N2/c1-4-20(2,17-8-6-5-7-9-17)14-15-21(3,16-22)18-10-12-19(23)13-11-18/h5-15H,4,16,22-23H2,1-3H3/b15-14+. The smallest absolute Gasteiger partial charge is 0.0314 e. The summed E-state index contributed by atoms with van der Waals surface area (Å²) >= 11 is 0. The highest BCUT2D eigenvalue weighted by Gasteiger charge is 2.26. The van der Waals surface area contributed by atoms with Crippen LogP contribution in [-0.2, 0) is 10.8 Å². The SMILES string of the molecule is CCC(C)(/C=C/C(C)(CN)c1ccc(N)cc1)c1ccccc1. The van der Waals surface area contributed by atoms with Gasteiger partial charge in [0.1, 0.15) is 0 Å². The third kappa shape index (κ3) is 3.83. The molecule has 0 saturated heterocycles. The quantitative estimate of drug-likeness (QED) is 0.613. The fourth-order valence-corrected chi connectivity index (χ4v) is 2.75. The normalized spacial score (nSPS) is 16.9. The second-order valence-corrected chi connectivity index (χ2v) is 6.71. The number of nitrogens with two attached hydrogens (primary N) is 2. The van der Waals surface area contributed by atoms with E-state index in [1.807, 2.05) is 12.1 Å². The van der Waals surface area contributed by atoms with Crippen LogP contribution >= 0.6 is 0 Å². The summed E-state index contributed by atoms with van der Waals surface area (Å²) in [6.45, 7) is 7.23.